The molecule has 1 saturated heterocycles. The van der Waals surface area contributed by atoms with Crippen LogP contribution >= 0.6 is 0 Å². The molecule has 2 aromatic rings. The maximum atomic E-state index is 13.2. The normalized spacial score (nSPS) is 20.9. The summed E-state index contributed by atoms with van der Waals surface area (Å²) in [6.45, 7) is 2.78. The minimum Gasteiger partial charge on any atom is -0.462 e. The molecule has 0 unspecified atom stereocenters. The van der Waals surface area contributed by atoms with Crippen LogP contribution in [0.25, 0.3) is 11.3 Å². The molecule has 0 aliphatic carbocycles. The fraction of sp³-hybridized carbons (Fsp3) is 0.421. The number of cyclic esters (lactones) is 1. The number of aryl methyl sites for hydroxylation is 1. The third-order valence-corrected chi connectivity index (χ3v) is 4.48. The first-order chi connectivity index (χ1) is 11.6. The van der Waals surface area contributed by atoms with Crippen LogP contribution in [0.2, 0.25) is 0 Å². The van der Waals surface area contributed by atoms with Gasteiger partial charge in [0.2, 0.25) is 0 Å². The molecule has 2 atom stereocenters. The number of hydrogen-bond acceptors (Lipinski definition) is 3. The monoisotopic (exact) mass is 331 g/mol. The van der Waals surface area contributed by atoms with Gasteiger partial charge in [0.25, 0.3) is 0 Å². The molecule has 3 rings (SSSR count). The van der Waals surface area contributed by atoms with Crippen molar-refractivity contribution in [2.45, 2.75) is 51.4 Å². The second-order valence-electron chi connectivity index (χ2n) is 6.22. The van der Waals surface area contributed by atoms with Gasteiger partial charge < -0.3 is 14.4 Å². The number of halogens is 1. The zero-order valence-corrected chi connectivity index (χ0v) is 13.7. The molecule has 0 amide bonds. The molecule has 2 heterocycles. The molecule has 1 aliphatic rings. The number of carbonyl (C=O) groups is 1. The summed E-state index contributed by atoms with van der Waals surface area (Å²) in [5.41, 5.74) is 3.16. The van der Waals surface area contributed by atoms with Crippen molar-refractivity contribution in [2.24, 2.45) is 0 Å². The average molecular weight is 331 g/mol. The third kappa shape index (κ3) is 3.67. The number of benzene rings is 1. The lowest BCUT2D eigenvalue weighted by Gasteiger charge is -2.26. The summed E-state index contributed by atoms with van der Waals surface area (Å²) in [5.74, 6) is -0.587. The Labute approximate surface area is 140 Å². The van der Waals surface area contributed by atoms with Crippen molar-refractivity contribution in [3.8, 4) is 11.3 Å². The highest BCUT2D eigenvalue weighted by Gasteiger charge is 2.27. The number of ether oxygens (including phenoxy) is 1. The van der Waals surface area contributed by atoms with Crippen LogP contribution in [0.5, 0.6) is 0 Å². The highest BCUT2D eigenvalue weighted by atomic mass is 19.1. The summed E-state index contributed by atoms with van der Waals surface area (Å²) in [7, 11) is 0. The Morgan fingerprint density at radius 2 is 2.00 bits per heavy atom. The van der Waals surface area contributed by atoms with Gasteiger partial charge in [0, 0.05) is 30.8 Å². The second kappa shape index (κ2) is 7.18. The largest absolute Gasteiger partial charge is 0.462 e. The molecule has 1 fully saturated rings. The van der Waals surface area contributed by atoms with Gasteiger partial charge in [-0.15, -0.1) is 0 Å². The predicted octanol–water partition coefficient (Wildman–Crippen LogP) is 3.31. The maximum absolute atomic E-state index is 13.2. The average Bonchev–Trinajstić information content (AvgIpc) is 2.95. The molecule has 4 nitrogen and oxygen atoms in total. The van der Waals surface area contributed by atoms with Crippen molar-refractivity contribution >= 4 is 5.97 Å². The van der Waals surface area contributed by atoms with Gasteiger partial charge in [0.1, 0.15) is 11.9 Å². The van der Waals surface area contributed by atoms with E-state index in [-0.39, 0.29) is 24.3 Å². The molecule has 0 bridgehead atoms. The molecule has 0 saturated carbocycles. The van der Waals surface area contributed by atoms with Crippen LogP contribution in [0.4, 0.5) is 4.39 Å². The molecule has 1 aromatic heterocycles. The first-order valence-corrected chi connectivity index (χ1v) is 8.38. The lowest BCUT2D eigenvalue weighted by atomic mass is 10.0. The minimum atomic E-state index is -0.608. The molecule has 128 valence electrons. The minimum absolute atomic E-state index is 0.0844. The Morgan fingerprint density at radius 1 is 1.25 bits per heavy atom. The van der Waals surface area contributed by atoms with Crippen molar-refractivity contribution in [3.63, 3.8) is 0 Å². The molecular formula is C19H22FNO3. The SMILES string of the molecule is CCc1ccc(-c2ccc(F)cc2)n1CC[C@@H]1C[C@@H](O)CC(=O)O1. The summed E-state index contributed by atoms with van der Waals surface area (Å²) in [4.78, 5) is 11.5. The van der Waals surface area contributed by atoms with E-state index in [1.807, 2.05) is 6.07 Å². The lowest BCUT2D eigenvalue weighted by molar-refractivity contribution is -0.160. The Hall–Kier alpha value is -2.14. The Morgan fingerprint density at radius 3 is 2.67 bits per heavy atom. The number of aliphatic hydroxyl groups is 1. The van der Waals surface area contributed by atoms with E-state index in [4.69, 9.17) is 4.74 Å². The summed E-state index contributed by atoms with van der Waals surface area (Å²) < 4.78 is 20.7. The van der Waals surface area contributed by atoms with Crippen LogP contribution in [0.3, 0.4) is 0 Å². The number of nitrogens with zero attached hydrogens (tertiary/aromatic N) is 1. The van der Waals surface area contributed by atoms with Gasteiger partial charge in [0.05, 0.1) is 12.5 Å². The molecule has 1 aliphatic heterocycles. The van der Waals surface area contributed by atoms with E-state index in [0.29, 0.717) is 19.4 Å². The summed E-state index contributed by atoms with van der Waals surface area (Å²) >= 11 is 0. The van der Waals surface area contributed by atoms with Gasteiger partial charge in [-0.05, 0) is 48.4 Å². The summed E-state index contributed by atoms with van der Waals surface area (Å²) in [6.07, 6.45) is 1.24. The van der Waals surface area contributed by atoms with Crippen molar-refractivity contribution in [3.05, 3.63) is 47.9 Å². The van der Waals surface area contributed by atoms with E-state index in [1.54, 1.807) is 12.1 Å². The van der Waals surface area contributed by atoms with Gasteiger partial charge in [-0.3, -0.25) is 4.79 Å². The van der Waals surface area contributed by atoms with E-state index in [9.17, 15) is 14.3 Å². The van der Waals surface area contributed by atoms with Crippen molar-refractivity contribution in [1.29, 1.82) is 0 Å². The van der Waals surface area contributed by atoms with Crippen LogP contribution in [-0.2, 0) is 22.5 Å². The third-order valence-electron chi connectivity index (χ3n) is 4.48. The topological polar surface area (TPSA) is 51.5 Å². The number of aliphatic hydroxyl groups excluding tert-OH is 1. The summed E-state index contributed by atoms with van der Waals surface area (Å²) in [6, 6.07) is 10.6. The molecule has 24 heavy (non-hydrogen) atoms. The van der Waals surface area contributed by atoms with Gasteiger partial charge >= 0.3 is 5.97 Å². The number of hydrogen-bond donors (Lipinski definition) is 1. The van der Waals surface area contributed by atoms with Crippen molar-refractivity contribution in [2.75, 3.05) is 0 Å². The van der Waals surface area contributed by atoms with E-state index in [0.717, 1.165) is 17.7 Å². The number of rotatable bonds is 5. The van der Waals surface area contributed by atoms with Crippen LogP contribution < -0.4 is 0 Å². The van der Waals surface area contributed by atoms with Crippen LogP contribution in [0, 0.1) is 5.82 Å². The van der Waals surface area contributed by atoms with E-state index in [1.165, 1.54) is 17.8 Å². The molecular weight excluding hydrogens is 309 g/mol. The summed E-state index contributed by atoms with van der Waals surface area (Å²) in [5, 5.41) is 9.72. The first kappa shape index (κ1) is 16.7. The Balaban J connectivity index is 1.78. The highest BCUT2D eigenvalue weighted by Crippen LogP contribution is 2.25. The smallest absolute Gasteiger partial charge is 0.308 e. The zero-order valence-electron chi connectivity index (χ0n) is 13.7. The molecule has 1 N–H and O–H groups in total. The number of carbonyl (C=O) groups excluding carboxylic acids is 1. The Kier molecular flexibility index (Phi) is 5.00. The van der Waals surface area contributed by atoms with Crippen LogP contribution in [-0.4, -0.2) is 27.9 Å². The zero-order chi connectivity index (χ0) is 17.1. The number of esters is 1. The van der Waals surface area contributed by atoms with Crippen LogP contribution in [0.15, 0.2) is 36.4 Å². The molecule has 1 aromatic carbocycles. The quantitative estimate of drug-likeness (QED) is 0.855. The molecule has 0 radical (unpaired) electrons. The predicted molar refractivity (Wildman–Crippen MR) is 88.9 cm³/mol. The molecule has 5 heteroatoms. The Bertz CT molecular complexity index is 708. The van der Waals surface area contributed by atoms with Gasteiger partial charge in [-0.2, -0.15) is 0 Å². The fourth-order valence-electron chi connectivity index (χ4n) is 3.27. The standard InChI is InChI=1S/C19H22FNO3/c1-2-15-7-8-18(13-3-5-14(20)6-4-13)21(15)10-9-17-11-16(22)12-19(23)24-17/h3-8,16-17,22H,2,9-12H2,1H3/t16-,17-/m1/s1. The van der Waals surface area contributed by atoms with Crippen molar-refractivity contribution in [1.82, 2.24) is 4.57 Å². The fourth-order valence-corrected chi connectivity index (χ4v) is 3.27. The second-order valence-corrected chi connectivity index (χ2v) is 6.22. The van der Waals surface area contributed by atoms with Gasteiger partial charge in [-0.25, -0.2) is 4.39 Å². The van der Waals surface area contributed by atoms with Crippen LogP contribution in [0.1, 0.15) is 31.9 Å². The van der Waals surface area contributed by atoms with E-state index < -0.39 is 6.10 Å². The number of aromatic nitrogens is 1. The van der Waals surface area contributed by atoms with E-state index >= 15 is 0 Å². The van der Waals surface area contributed by atoms with Gasteiger partial charge in [0.15, 0.2) is 0 Å². The molecule has 0 spiro atoms. The lowest BCUT2D eigenvalue weighted by Crippen LogP contribution is -2.33. The van der Waals surface area contributed by atoms with E-state index in [2.05, 4.69) is 17.6 Å². The maximum Gasteiger partial charge on any atom is 0.308 e. The van der Waals surface area contributed by atoms with Gasteiger partial charge in [-0.1, -0.05) is 6.92 Å². The first-order valence-electron chi connectivity index (χ1n) is 8.38. The highest BCUT2D eigenvalue weighted by molar-refractivity contribution is 5.71. The van der Waals surface area contributed by atoms with Crippen molar-refractivity contribution < 1.29 is 19.0 Å².